The summed E-state index contributed by atoms with van der Waals surface area (Å²) >= 11 is 3.30. The number of carbonyl (C=O) groups is 1. The predicted molar refractivity (Wildman–Crippen MR) is 129 cm³/mol. The number of benzene rings is 1. The standard InChI is InChI=1S/C24H25N5OS2/c1-18-25-20(17-32-18)15-27-9-11-28(12-10-27)24(30)21-16-29(14-19-6-3-2-4-7-19)26-23(21)22-8-5-13-31-22/h2-8,13,16-17H,9-12,14-15H2,1H3. The number of aryl methyl sites for hydroxylation is 1. The molecule has 0 atom stereocenters. The van der Waals surface area contributed by atoms with Crippen molar-refractivity contribution in [2.24, 2.45) is 0 Å². The average molecular weight is 464 g/mol. The van der Waals surface area contributed by atoms with E-state index in [2.05, 4.69) is 27.4 Å². The Morgan fingerprint density at radius 3 is 2.50 bits per heavy atom. The monoisotopic (exact) mass is 463 g/mol. The zero-order valence-electron chi connectivity index (χ0n) is 18.0. The fraction of sp³-hybridized carbons (Fsp3) is 0.292. The zero-order chi connectivity index (χ0) is 21.9. The van der Waals surface area contributed by atoms with Crippen molar-refractivity contribution >= 4 is 28.6 Å². The first-order valence-corrected chi connectivity index (χ1v) is 12.5. The van der Waals surface area contributed by atoms with Crippen LogP contribution in [0.4, 0.5) is 0 Å². The van der Waals surface area contributed by atoms with Crippen LogP contribution in [0.5, 0.6) is 0 Å². The summed E-state index contributed by atoms with van der Waals surface area (Å²) in [5, 5.41) is 10.1. The number of thiazole rings is 1. The summed E-state index contributed by atoms with van der Waals surface area (Å²) in [4.78, 5) is 23.4. The van der Waals surface area contributed by atoms with Gasteiger partial charge in [-0.3, -0.25) is 14.4 Å². The van der Waals surface area contributed by atoms with E-state index in [0.29, 0.717) is 12.1 Å². The molecule has 0 unspecified atom stereocenters. The van der Waals surface area contributed by atoms with Crippen molar-refractivity contribution < 1.29 is 4.79 Å². The molecule has 1 aromatic carbocycles. The number of thiophene rings is 1. The third kappa shape index (κ3) is 4.67. The number of nitrogens with zero attached hydrogens (tertiary/aromatic N) is 5. The molecule has 1 amide bonds. The molecule has 1 aliphatic rings. The Balaban J connectivity index is 1.31. The van der Waals surface area contributed by atoms with Crippen molar-refractivity contribution in [1.82, 2.24) is 24.6 Å². The van der Waals surface area contributed by atoms with Crippen molar-refractivity contribution in [2.75, 3.05) is 26.2 Å². The summed E-state index contributed by atoms with van der Waals surface area (Å²) in [5.74, 6) is 0.0665. The van der Waals surface area contributed by atoms with E-state index in [9.17, 15) is 4.79 Å². The van der Waals surface area contributed by atoms with Crippen LogP contribution in [0.1, 0.15) is 26.6 Å². The molecule has 4 aromatic rings. The predicted octanol–water partition coefficient (Wildman–Crippen LogP) is 4.38. The highest BCUT2D eigenvalue weighted by atomic mass is 32.1. The third-order valence-electron chi connectivity index (χ3n) is 5.65. The molecule has 0 saturated carbocycles. The van der Waals surface area contributed by atoms with E-state index < -0.39 is 0 Å². The molecule has 5 rings (SSSR count). The van der Waals surface area contributed by atoms with Crippen LogP contribution >= 0.6 is 22.7 Å². The fourth-order valence-corrected chi connectivity index (χ4v) is 5.34. The molecule has 1 aliphatic heterocycles. The largest absolute Gasteiger partial charge is 0.336 e. The molecule has 32 heavy (non-hydrogen) atoms. The zero-order valence-corrected chi connectivity index (χ0v) is 19.6. The molecule has 4 heterocycles. The molecule has 0 radical (unpaired) electrons. The molecule has 8 heteroatoms. The SMILES string of the molecule is Cc1nc(CN2CCN(C(=O)c3cn(Cc4ccccc4)nc3-c3cccs3)CC2)cs1. The van der Waals surface area contributed by atoms with Crippen molar-refractivity contribution in [1.29, 1.82) is 0 Å². The van der Waals surface area contributed by atoms with Gasteiger partial charge in [-0.15, -0.1) is 22.7 Å². The lowest BCUT2D eigenvalue weighted by Gasteiger charge is -2.34. The summed E-state index contributed by atoms with van der Waals surface area (Å²) in [6.45, 7) is 6.68. The number of amides is 1. The van der Waals surface area contributed by atoms with E-state index in [4.69, 9.17) is 5.10 Å². The highest BCUT2D eigenvalue weighted by Crippen LogP contribution is 2.28. The van der Waals surface area contributed by atoms with Gasteiger partial charge < -0.3 is 4.90 Å². The van der Waals surface area contributed by atoms with Gasteiger partial charge >= 0.3 is 0 Å². The Morgan fingerprint density at radius 1 is 1.00 bits per heavy atom. The Morgan fingerprint density at radius 2 is 1.81 bits per heavy atom. The van der Waals surface area contributed by atoms with E-state index in [1.165, 1.54) is 0 Å². The van der Waals surface area contributed by atoms with Gasteiger partial charge in [0.25, 0.3) is 5.91 Å². The van der Waals surface area contributed by atoms with Gasteiger partial charge in [0.2, 0.25) is 0 Å². The highest BCUT2D eigenvalue weighted by Gasteiger charge is 2.27. The van der Waals surface area contributed by atoms with Crippen molar-refractivity contribution in [3.63, 3.8) is 0 Å². The Labute approximate surface area is 195 Å². The quantitative estimate of drug-likeness (QED) is 0.426. The molecule has 0 spiro atoms. The summed E-state index contributed by atoms with van der Waals surface area (Å²) in [6, 6.07) is 14.3. The lowest BCUT2D eigenvalue weighted by Crippen LogP contribution is -2.48. The number of carbonyl (C=O) groups excluding carboxylic acids is 1. The Kier molecular flexibility index (Phi) is 6.16. The van der Waals surface area contributed by atoms with Gasteiger partial charge in [0.05, 0.1) is 27.7 Å². The smallest absolute Gasteiger partial charge is 0.257 e. The minimum atomic E-state index is 0.0665. The van der Waals surface area contributed by atoms with Gasteiger partial charge in [0, 0.05) is 44.3 Å². The summed E-state index contributed by atoms with van der Waals surface area (Å²) < 4.78 is 1.89. The van der Waals surface area contributed by atoms with Gasteiger partial charge in [0.15, 0.2) is 0 Å². The minimum absolute atomic E-state index is 0.0665. The minimum Gasteiger partial charge on any atom is -0.336 e. The lowest BCUT2D eigenvalue weighted by molar-refractivity contribution is 0.0628. The molecule has 0 aliphatic carbocycles. The Bertz CT molecular complexity index is 1170. The van der Waals surface area contributed by atoms with E-state index in [-0.39, 0.29) is 5.91 Å². The number of rotatable bonds is 6. The second kappa shape index (κ2) is 9.36. The van der Waals surface area contributed by atoms with Gasteiger partial charge in [-0.25, -0.2) is 4.98 Å². The molecule has 0 N–H and O–H groups in total. The topological polar surface area (TPSA) is 54.3 Å². The summed E-state index contributed by atoms with van der Waals surface area (Å²) in [7, 11) is 0. The third-order valence-corrected chi connectivity index (χ3v) is 7.34. The van der Waals surface area contributed by atoms with Crippen LogP contribution in [0.3, 0.4) is 0 Å². The lowest BCUT2D eigenvalue weighted by atomic mass is 10.1. The summed E-state index contributed by atoms with van der Waals surface area (Å²) in [6.07, 6.45) is 1.91. The Hall–Kier alpha value is -2.81. The molecule has 6 nitrogen and oxygen atoms in total. The second-order valence-electron chi connectivity index (χ2n) is 7.98. The highest BCUT2D eigenvalue weighted by molar-refractivity contribution is 7.13. The molecule has 0 bridgehead atoms. The number of hydrogen-bond donors (Lipinski definition) is 0. The summed E-state index contributed by atoms with van der Waals surface area (Å²) in [5.41, 5.74) is 3.75. The van der Waals surface area contributed by atoms with Crippen LogP contribution in [0, 0.1) is 6.92 Å². The van der Waals surface area contributed by atoms with Gasteiger partial charge in [-0.05, 0) is 23.9 Å². The van der Waals surface area contributed by atoms with Crippen molar-refractivity contribution in [2.45, 2.75) is 20.0 Å². The maximum Gasteiger partial charge on any atom is 0.257 e. The number of hydrogen-bond acceptors (Lipinski definition) is 6. The van der Waals surface area contributed by atoms with Gasteiger partial charge in [0.1, 0.15) is 5.69 Å². The van der Waals surface area contributed by atoms with Crippen LogP contribution < -0.4 is 0 Å². The van der Waals surface area contributed by atoms with Crippen LogP contribution in [0.25, 0.3) is 10.6 Å². The number of aromatic nitrogens is 3. The van der Waals surface area contributed by atoms with Crippen molar-refractivity contribution in [3.05, 3.63) is 81.2 Å². The van der Waals surface area contributed by atoms with Crippen LogP contribution in [-0.4, -0.2) is 56.7 Å². The number of piperazine rings is 1. The van der Waals surface area contributed by atoms with E-state index in [0.717, 1.165) is 59.6 Å². The molecule has 164 valence electrons. The molecule has 1 fully saturated rings. The van der Waals surface area contributed by atoms with Crippen LogP contribution in [0.15, 0.2) is 59.4 Å². The first kappa shape index (κ1) is 21.1. The average Bonchev–Trinajstić information content (AvgIpc) is 3.56. The van der Waals surface area contributed by atoms with E-state index >= 15 is 0 Å². The first-order valence-electron chi connectivity index (χ1n) is 10.7. The van der Waals surface area contributed by atoms with Crippen LogP contribution in [0.2, 0.25) is 0 Å². The molecule has 3 aromatic heterocycles. The first-order chi connectivity index (χ1) is 15.7. The van der Waals surface area contributed by atoms with Gasteiger partial charge in [-0.1, -0.05) is 36.4 Å². The van der Waals surface area contributed by atoms with Crippen molar-refractivity contribution in [3.8, 4) is 10.6 Å². The van der Waals surface area contributed by atoms with E-state index in [1.54, 1.807) is 22.7 Å². The van der Waals surface area contributed by atoms with Gasteiger partial charge in [-0.2, -0.15) is 5.10 Å². The maximum absolute atomic E-state index is 13.5. The van der Waals surface area contributed by atoms with E-state index in [1.807, 2.05) is 58.4 Å². The van der Waals surface area contributed by atoms with Crippen LogP contribution in [-0.2, 0) is 13.1 Å². The molecular formula is C24H25N5OS2. The maximum atomic E-state index is 13.5. The molecule has 1 saturated heterocycles. The fourth-order valence-electron chi connectivity index (χ4n) is 4.01. The normalized spacial score (nSPS) is 14.7. The second-order valence-corrected chi connectivity index (χ2v) is 9.99. The molecular weight excluding hydrogens is 438 g/mol.